The number of fused-ring (bicyclic) bond motifs is 1. The summed E-state index contributed by atoms with van der Waals surface area (Å²) in [6.45, 7) is 1.95. The van der Waals surface area contributed by atoms with Crippen LogP contribution in [0.3, 0.4) is 0 Å². The van der Waals surface area contributed by atoms with Crippen LogP contribution in [-0.4, -0.2) is 37.8 Å². The Balaban J connectivity index is 0.00000208. The molecule has 3 N–H and O–H groups in total. The van der Waals surface area contributed by atoms with Crippen LogP contribution < -0.4 is 15.4 Å². The molecule has 1 unspecified atom stereocenters. The summed E-state index contributed by atoms with van der Waals surface area (Å²) in [6.07, 6.45) is 3.72. The van der Waals surface area contributed by atoms with Crippen molar-refractivity contribution in [3.8, 4) is 5.75 Å². The van der Waals surface area contributed by atoms with Crippen molar-refractivity contribution in [3.05, 3.63) is 29.8 Å². The lowest BCUT2D eigenvalue weighted by Gasteiger charge is -2.37. The molecule has 1 saturated carbocycles. The monoisotopic (exact) mass is 354 g/mol. The van der Waals surface area contributed by atoms with Crippen LogP contribution in [0.1, 0.15) is 37.4 Å². The lowest BCUT2D eigenvalue weighted by molar-refractivity contribution is -0.134. The van der Waals surface area contributed by atoms with Gasteiger partial charge in [0.2, 0.25) is 5.91 Å². The van der Waals surface area contributed by atoms with Crippen LogP contribution in [0.25, 0.3) is 0 Å². The Hall–Kier alpha value is -1.30. The normalized spacial score (nSPS) is 26.8. The van der Waals surface area contributed by atoms with Crippen LogP contribution in [0.15, 0.2) is 24.3 Å². The Labute approximate surface area is 149 Å². The van der Waals surface area contributed by atoms with Crippen LogP contribution >= 0.6 is 12.4 Å². The van der Waals surface area contributed by atoms with Crippen molar-refractivity contribution >= 4 is 18.3 Å². The Morgan fingerprint density at radius 2 is 2.17 bits per heavy atom. The number of nitrogens with one attached hydrogen (secondary N) is 2. The number of carbonyl (C=O) groups is 1. The summed E-state index contributed by atoms with van der Waals surface area (Å²) in [5.74, 6) is 1.29. The second-order valence-electron chi connectivity index (χ2n) is 6.73. The number of halogens is 1. The molecule has 24 heavy (non-hydrogen) atoms. The Morgan fingerprint density at radius 3 is 2.88 bits per heavy atom. The second kappa shape index (κ2) is 8.19. The number of ether oxygens (including phenoxy) is 1. The molecule has 0 radical (unpaired) electrons. The summed E-state index contributed by atoms with van der Waals surface area (Å²) < 4.78 is 5.11. The highest BCUT2D eigenvalue weighted by molar-refractivity contribution is 5.85. The highest BCUT2D eigenvalue weighted by atomic mass is 35.5. The molecule has 5 nitrogen and oxygen atoms in total. The van der Waals surface area contributed by atoms with Gasteiger partial charge in [0.05, 0.1) is 18.6 Å². The summed E-state index contributed by atoms with van der Waals surface area (Å²) in [4.78, 5) is 12.8. The van der Waals surface area contributed by atoms with Gasteiger partial charge < -0.3 is 20.5 Å². The van der Waals surface area contributed by atoms with E-state index < -0.39 is 6.10 Å². The molecule has 1 aliphatic carbocycles. The quantitative estimate of drug-likeness (QED) is 0.756. The fourth-order valence-corrected chi connectivity index (χ4v) is 4.00. The van der Waals surface area contributed by atoms with E-state index in [0.717, 1.165) is 43.7 Å². The predicted octanol–water partition coefficient (Wildman–Crippen LogP) is 2.05. The van der Waals surface area contributed by atoms with E-state index in [1.54, 1.807) is 7.11 Å². The van der Waals surface area contributed by atoms with Gasteiger partial charge in [-0.1, -0.05) is 25.0 Å². The average Bonchev–Trinajstić information content (AvgIpc) is 3.04. The molecule has 0 spiro atoms. The topological polar surface area (TPSA) is 70.6 Å². The second-order valence-corrected chi connectivity index (χ2v) is 6.73. The number of amides is 1. The maximum Gasteiger partial charge on any atom is 0.227 e. The third kappa shape index (κ3) is 3.68. The van der Waals surface area contributed by atoms with Gasteiger partial charge in [-0.3, -0.25) is 4.79 Å². The number of benzene rings is 1. The molecule has 2 fully saturated rings. The minimum Gasteiger partial charge on any atom is -0.497 e. The van der Waals surface area contributed by atoms with E-state index in [2.05, 4.69) is 10.6 Å². The first-order valence-corrected chi connectivity index (χ1v) is 8.47. The van der Waals surface area contributed by atoms with Crippen LogP contribution in [0.4, 0.5) is 0 Å². The van der Waals surface area contributed by atoms with E-state index in [0.29, 0.717) is 5.92 Å². The van der Waals surface area contributed by atoms with Gasteiger partial charge in [0.25, 0.3) is 0 Å². The lowest BCUT2D eigenvalue weighted by atomic mass is 9.67. The number of methoxy groups -OCH3 is 1. The number of aliphatic hydroxyl groups is 1. The van der Waals surface area contributed by atoms with Crippen molar-refractivity contribution in [2.24, 2.45) is 11.3 Å². The van der Waals surface area contributed by atoms with Crippen molar-refractivity contribution in [1.29, 1.82) is 0 Å². The summed E-state index contributed by atoms with van der Waals surface area (Å²) in [6, 6.07) is 7.29. The molecule has 1 aliphatic heterocycles. The van der Waals surface area contributed by atoms with Crippen molar-refractivity contribution in [2.75, 3.05) is 26.7 Å². The van der Waals surface area contributed by atoms with Crippen LogP contribution in [0, 0.1) is 11.3 Å². The van der Waals surface area contributed by atoms with Gasteiger partial charge >= 0.3 is 0 Å². The number of rotatable bonds is 5. The summed E-state index contributed by atoms with van der Waals surface area (Å²) in [5.41, 5.74) is 0.520. The summed E-state index contributed by atoms with van der Waals surface area (Å²) in [7, 11) is 1.61. The predicted molar refractivity (Wildman–Crippen MR) is 95.5 cm³/mol. The van der Waals surface area contributed by atoms with Crippen molar-refractivity contribution in [3.63, 3.8) is 0 Å². The largest absolute Gasteiger partial charge is 0.497 e. The molecular weight excluding hydrogens is 328 g/mol. The van der Waals surface area contributed by atoms with Crippen molar-refractivity contribution < 1.29 is 14.6 Å². The van der Waals surface area contributed by atoms with E-state index >= 15 is 0 Å². The summed E-state index contributed by atoms with van der Waals surface area (Å²) in [5, 5.41) is 16.7. The molecule has 1 amide bonds. The molecule has 1 saturated heterocycles. The molecule has 134 valence electrons. The van der Waals surface area contributed by atoms with Crippen molar-refractivity contribution in [1.82, 2.24) is 10.6 Å². The molecular formula is C18H27ClN2O3. The van der Waals surface area contributed by atoms with Crippen LogP contribution in [0.2, 0.25) is 0 Å². The maximum absolute atomic E-state index is 12.8. The van der Waals surface area contributed by atoms with Crippen LogP contribution in [0.5, 0.6) is 5.75 Å². The fourth-order valence-electron chi connectivity index (χ4n) is 4.00. The Kier molecular flexibility index (Phi) is 6.49. The first kappa shape index (κ1) is 19.0. The highest BCUT2D eigenvalue weighted by Gasteiger charge is 2.49. The number of carbonyl (C=O) groups excluding carboxylic acids is 1. The maximum atomic E-state index is 12.8. The zero-order valence-corrected chi connectivity index (χ0v) is 14.9. The SMILES string of the molecule is COc1ccc(C(O)CNC(=O)[C@@]23CCCC[C@H]2CNC3)cc1.Cl. The Morgan fingerprint density at radius 1 is 1.42 bits per heavy atom. The van der Waals surface area contributed by atoms with Gasteiger partial charge in [-0.15, -0.1) is 12.4 Å². The zero-order valence-electron chi connectivity index (χ0n) is 14.1. The van der Waals surface area contributed by atoms with Crippen molar-refractivity contribution in [2.45, 2.75) is 31.8 Å². The molecule has 3 atom stereocenters. The molecule has 1 heterocycles. The van der Waals surface area contributed by atoms with Gasteiger partial charge in [0.15, 0.2) is 0 Å². The van der Waals surface area contributed by atoms with E-state index in [4.69, 9.17) is 4.74 Å². The number of aliphatic hydroxyl groups excluding tert-OH is 1. The van der Waals surface area contributed by atoms with Gasteiger partial charge in [0, 0.05) is 13.1 Å². The first-order valence-electron chi connectivity index (χ1n) is 8.47. The fraction of sp³-hybridized carbons (Fsp3) is 0.611. The molecule has 1 aromatic rings. The average molecular weight is 355 g/mol. The standard InChI is InChI=1S/C18H26N2O3.ClH/c1-23-15-7-5-13(6-8-15)16(21)11-20-17(22)18-9-3-2-4-14(18)10-19-12-18;/h5-8,14,16,19,21H,2-4,9-12H2,1H3,(H,20,22);1H/t14-,16?,18+;/m0./s1. The lowest BCUT2D eigenvalue weighted by Crippen LogP contribution is -2.48. The van der Waals surface area contributed by atoms with E-state index in [9.17, 15) is 9.90 Å². The number of hydrogen-bond acceptors (Lipinski definition) is 4. The molecule has 1 aromatic carbocycles. The zero-order chi connectivity index (χ0) is 16.3. The van der Waals surface area contributed by atoms with Gasteiger partial charge in [-0.25, -0.2) is 0 Å². The molecule has 3 rings (SSSR count). The van der Waals surface area contributed by atoms with E-state index in [-0.39, 0.29) is 30.3 Å². The Bertz CT molecular complexity index is 552. The molecule has 0 bridgehead atoms. The minimum absolute atomic E-state index is 0. The summed E-state index contributed by atoms with van der Waals surface area (Å²) >= 11 is 0. The molecule has 0 aromatic heterocycles. The smallest absolute Gasteiger partial charge is 0.227 e. The first-order chi connectivity index (χ1) is 11.2. The third-order valence-corrected chi connectivity index (χ3v) is 5.45. The third-order valence-electron chi connectivity index (χ3n) is 5.45. The van der Waals surface area contributed by atoms with Gasteiger partial charge in [-0.2, -0.15) is 0 Å². The van der Waals surface area contributed by atoms with Gasteiger partial charge in [-0.05, 0) is 43.0 Å². The highest BCUT2D eigenvalue weighted by Crippen LogP contribution is 2.43. The van der Waals surface area contributed by atoms with E-state index in [1.165, 1.54) is 6.42 Å². The molecule has 6 heteroatoms. The van der Waals surface area contributed by atoms with E-state index in [1.807, 2.05) is 24.3 Å². The van der Waals surface area contributed by atoms with Crippen LogP contribution in [-0.2, 0) is 4.79 Å². The molecule has 2 aliphatic rings. The number of hydrogen-bond donors (Lipinski definition) is 3. The minimum atomic E-state index is -0.697. The van der Waals surface area contributed by atoms with Gasteiger partial charge in [0.1, 0.15) is 5.75 Å².